The number of hydrogen-bond acceptors (Lipinski definition) is 0. The Morgan fingerprint density at radius 2 is 0.625 bits per heavy atom. The molecule has 0 aliphatic rings. The van der Waals surface area contributed by atoms with Crippen molar-refractivity contribution >= 4 is 57.2 Å². The van der Waals surface area contributed by atoms with Gasteiger partial charge >= 0.3 is 64.1 Å². The second-order valence-corrected chi connectivity index (χ2v) is 36.1. The monoisotopic (exact) mass is 334 g/mol. The van der Waals surface area contributed by atoms with E-state index < -0.39 is 6.97 Å². The smallest absolute Gasteiger partial charge is 0.369 e. The van der Waals surface area contributed by atoms with Crippen LogP contribution in [-0.4, -0.2) is 0 Å². The van der Waals surface area contributed by atoms with Crippen LogP contribution in [0, 0.1) is 0 Å². The first-order chi connectivity index (χ1) is 2.45. The van der Waals surface area contributed by atoms with Gasteiger partial charge in [-0.15, -0.1) is 0 Å². The molecule has 1 nitrogen and oxygen atoms in total. The molecule has 8 heavy (non-hydrogen) atoms. The van der Waals surface area contributed by atoms with Gasteiger partial charge in [-0.25, -0.2) is 0 Å². The third kappa shape index (κ3) is 81.2. The summed E-state index contributed by atoms with van der Waals surface area (Å²) < 4.78 is 0. The standard InChI is InChI=1S/6ClH.H3N.Pd/h6*1H;1H3;/q;;;;;;;+5/p-5. The van der Waals surface area contributed by atoms with Crippen molar-refractivity contribution in [3.8, 4) is 0 Å². The van der Waals surface area contributed by atoms with Crippen molar-refractivity contribution in [3.05, 3.63) is 0 Å². The number of halogens is 6. The quantitative estimate of drug-likeness (QED) is 0.632. The number of rotatable bonds is 0. The normalized spacial score (nSPS) is 20.2. The van der Waals surface area contributed by atoms with Crippen molar-refractivity contribution in [3.63, 3.8) is 0 Å². The first kappa shape index (κ1) is 13.0. The molecule has 0 atom stereocenters. The Kier molecular flexibility index (Phi) is 3.53. The summed E-state index contributed by atoms with van der Waals surface area (Å²) in [5.74, 6) is 0. The molecule has 0 rings (SSSR count). The van der Waals surface area contributed by atoms with E-state index in [1.54, 1.807) is 0 Å². The minimum Gasteiger partial charge on any atom is -0.369 e. The van der Waals surface area contributed by atoms with E-state index >= 15 is 0 Å². The second-order valence-electron chi connectivity index (χ2n) is 0.678. The summed E-state index contributed by atoms with van der Waals surface area (Å²) in [5, 5.41) is 0. The van der Waals surface area contributed by atoms with Crippen LogP contribution in [0.25, 0.3) is 0 Å². The van der Waals surface area contributed by atoms with Gasteiger partial charge in [-0.05, 0) is 0 Å². The third-order valence-electron chi connectivity index (χ3n) is 0. The molecule has 0 aromatic carbocycles. The largest absolute Gasteiger partial charge is 0.369 e. The average molecular weight is 337 g/mol. The van der Waals surface area contributed by atoms with Crippen molar-refractivity contribution in [1.29, 1.82) is 0 Å². The van der Waals surface area contributed by atoms with E-state index in [2.05, 4.69) is 0 Å². The maximum absolute atomic E-state index is 5.08. The molecule has 0 aromatic heterocycles. The maximum Gasteiger partial charge on any atom is -0.369 e. The summed E-state index contributed by atoms with van der Waals surface area (Å²) in [6.07, 6.45) is 0. The molecule has 8 heteroatoms. The molecule has 0 heterocycles. The van der Waals surface area contributed by atoms with E-state index in [-0.39, 0.29) is 6.15 Å². The molecule has 0 bridgehead atoms. The third-order valence-corrected chi connectivity index (χ3v) is 0. The Morgan fingerprint density at radius 1 is 0.625 bits per heavy atom. The molecule has 0 fully saturated rings. The fourth-order valence-corrected chi connectivity index (χ4v) is 0. The van der Waals surface area contributed by atoms with Gasteiger partial charge in [0.1, 0.15) is 0 Å². The maximum atomic E-state index is 5.03. The molecule has 0 saturated heterocycles. The van der Waals surface area contributed by atoms with E-state index in [1.165, 1.54) is 0 Å². The van der Waals surface area contributed by atoms with Crippen LogP contribution >= 0.6 is 57.2 Å². The van der Waals surface area contributed by atoms with E-state index in [1.807, 2.05) is 0 Å². The van der Waals surface area contributed by atoms with Crippen LogP contribution in [0.3, 0.4) is 0 Å². The van der Waals surface area contributed by atoms with Gasteiger partial charge < -0.3 is 6.15 Å². The molecular weight excluding hydrogens is 333 g/mol. The molecule has 0 unspecified atom stereocenters. The summed E-state index contributed by atoms with van der Waals surface area (Å²) in [6, 6.07) is 0. The number of hydrogen-bond donors (Lipinski definition) is 1. The average Bonchev–Trinajstić information content (AvgIpc) is 0.592. The van der Waals surface area contributed by atoms with Crippen LogP contribution in [0.4, 0.5) is 0 Å². The predicted octanol–water partition coefficient (Wildman–Crippen LogP) is 4.51. The van der Waals surface area contributed by atoms with Crippen LogP contribution in [0.2, 0.25) is 0 Å². The Morgan fingerprint density at radius 3 is 0.625 bits per heavy atom. The molecule has 0 amide bonds. The van der Waals surface area contributed by atoms with E-state index in [0.717, 1.165) is 0 Å². The Bertz CT molecular complexity index is 67.1. The van der Waals surface area contributed by atoms with Crippen molar-refractivity contribution in [2.45, 2.75) is 0 Å². The zero-order chi connectivity index (χ0) is 6.41. The Hall–Kier alpha value is 2.36. The van der Waals surface area contributed by atoms with Crippen LogP contribution in [0.5, 0.6) is 0 Å². The topological polar surface area (TPSA) is 36.5 Å². The Balaban J connectivity index is 0. The van der Waals surface area contributed by atoms with Crippen molar-refractivity contribution in [1.82, 2.24) is 6.15 Å². The van der Waals surface area contributed by atoms with Crippen molar-refractivity contribution in [2.24, 2.45) is 0 Å². The summed E-state index contributed by atoms with van der Waals surface area (Å²) >= 11 is 0. The molecular formula is H4Cl6NPd. The summed E-state index contributed by atoms with van der Waals surface area (Å²) in [6.45, 7) is -5.08. The van der Waals surface area contributed by atoms with E-state index in [0.29, 0.717) is 0 Å². The van der Waals surface area contributed by atoms with E-state index in [9.17, 15) is 0 Å². The molecule has 0 aliphatic heterocycles. The van der Waals surface area contributed by atoms with Crippen molar-refractivity contribution < 1.29 is 6.97 Å². The van der Waals surface area contributed by atoms with Gasteiger partial charge in [0.05, 0.1) is 0 Å². The minimum absolute atomic E-state index is 0. The minimum atomic E-state index is -5.08. The molecule has 0 spiro atoms. The van der Waals surface area contributed by atoms with Crippen LogP contribution in [0.15, 0.2) is 0 Å². The SMILES string of the molecule is [Cl][Pd-]([Cl])([Cl])([Cl])([Cl])[Cl].[NH4+]. The number of quaternary nitrogens is 1. The van der Waals surface area contributed by atoms with Crippen molar-refractivity contribution in [2.75, 3.05) is 0 Å². The Labute approximate surface area is 69.5 Å². The van der Waals surface area contributed by atoms with Crippen LogP contribution in [0.1, 0.15) is 0 Å². The van der Waals surface area contributed by atoms with Gasteiger partial charge in [0, 0.05) is 0 Å². The van der Waals surface area contributed by atoms with Gasteiger partial charge in [0.2, 0.25) is 0 Å². The summed E-state index contributed by atoms with van der Waals surface area (Å²) in [5.41, 5.74) is 0. The first-order valence-electron chi connectivity index (χ1n) is 0.717. The fourth-order valence-electron chi connectivity index (χ4n) is 0. The van der Waals surface area contributed by atoms with Gasteiger partial charge in [0.25, 0.3) is 0 Å². The van der Waals surface area contributed by atoms with E-state index in [4.69, 9.17) is 57.2 Å². The van der Waals surface area contributed by atoms with Crippen LogP contribution < -0.4 is 6.15 Å². The zero-order valence-electron chi connectivity index (χ0n) is 3.58. The first-order valence-corrected chi connectivity index (χ1v) is 12.7. The summed E-state index contributed by atoms with van der Waals surface area (Å²) in [7, 11) is 30.2. The summed E-state index contributed by atoms with van der Waals surface area (Å²) in [4.78, 5) is 0. The zero-order valence-corrected chi connectivity index (χ0v) is 9.67. The molecule has 0 aliphatic carbocycles. The molecule has 61 valence electrons. The molecule has 0 aromatic rings. The van der Waals surface area contributed by atoms with Crippen LogP contribution in [-0.2, 0) is 6.97 Å². The molecule has 0 radical (unpaired) electrons. The van der Waals surface area contributed by atoms with Gasteiger partial charge in [-0.1, -0.05) is 0 Å². The molecule has 4 N–H and O–H groups in total. The predicted molar refractivity (Wildman–Crippen MR) is 41.1 cm³/mol. The molecule has 0 saturated carbocycles. The fraction of sp³-hybridized carbons (Fsp3) is 0. The van der Waals surface area contributed by atoms with Gasteiger partial charge in [0.15, 0.2) is 0 Å². The second kappa shape index (κ2) is 2.17. The van der Waals surface area contributed by atoms with Gasteiger partial charge in [-0.2, -0.15) is 0 Å². The van der Waals surface area contributed by atoms with Gasteiger partial charge in [-0.3, -0.25) is 0 Å².